The van der Waals surface area contributed by atoms with Crippen LogP contribution in [0.4, 0.5) is 17.5 Å². The molecule has 242 valence electrons. The zero-order valence-electron chi connectivity index (χ0n) is 27.4. The van der Waals surface area contributed by atoms with Gasteiger partial charge in [0.05, 0.1) is 5.69 Å². The summed E-state index contributed by atoms with van der Waals surface area (Å²) in [7, 11) is 0. The fourth-order valence-corrected chi connectivity index (χ4v) is 7.11. The second kappa shape index (κ2) is 11.1. The van der Waals surface area contributed by atoms with Gasteiger partial charge in [-0.25, -0.2) is 4.98 Å². The van der Waals surface area contributed by atoms with Crippen LogP contribution in [0.1, 0.15) is 75.5 Å². The number of hydrogen-bond acceptors (Lipinski definition) is 7. The molecule has 1 aliphatic heterocycles. The number of carbonyl (C=O) groups is 1. The number of rotatable bonds is 4. The fraction of sp³-hybridized carbons (Fsp3) is 0.342. The number of anilines is 3. The van der Waals surface area contributed by atoms with Gasteiger partial charge in [-0.2, -0.15) is 4.98 Å². The second-order valence-electron chi connectivity index (χ2n) is 14.7. The summed E-state index contributed by atoms with van der Waals surface area (Å²) in [6.45, 7) is 13.0. The molecule has 5 aromatic rings. The van der Waals surface area contributed by atoms with Crippen molar-refractivity contribution >= 4 is 46.1 Å². The Kier molecular flexibility index (Phi) is 7.37. The van der Waals surface area contributed by atoms with Gasteiger partial charge in [0.25, 0.3) is 11.9 Å². The number of pyridine rings is 1. The molecule has 2 aromatic heterocycles. The number of nitrogens with one attached hydrogen (secondary N) is 2. The van der Waals surface area contributed by atoms with Gasteiger partial charge < -0.3 is 24.9 Å². The topological polar surface area (TPSA) is 110 Å². The monoisotopic (exact) mass is 650 g/mol. The SMILES string of the molecule is CC(C)(C)c1cc(C(C)(C)C)c2oc(Nc3cc(Cl)cc4c3O[C@]3(C(=O)Nc5ccccn5)[C@H](Cc5ccccc5[C@H]3O)C4)nc2c1. The molecule has 3 atom stereocenters. The molecule has 3 N–H and O–H groups in total. The number of aliphatic hydroxyl groups excluding tert-OH is 1. The maximum absolute atomic E-state index is 14.3. The van der Waals surface area contributed by atoms with Crippen LogP contribution in [0.15, 0.2) is 77.3 Å². The van der Waals surface area contributed by atoms with E-state index in [0.717, 1.165) is 27.8 Å². The average molecular weight is 651 g/mol. The van der Waals surface area contributed by atoms with Crippen molar-refractivity contribution in [1.29, 1.82) is 0 Å². The predicted molar refractivity (Wildman–Crippen MR) is 185 cm³/mol. The molecule has 3 aromatic carbocycles. The van der Waals surface area contributed by atoms with Gasteiger partial charge in [0, 0.05) is 22.7 Å². The van der Waals surface area contributed by atoms with E-state index in [1.807, 2.05) is 30.3 Å². The van der Waals surface area contributed by atoms with Crippen LogP contribution in [0.3, 0.4) is 0 Å². The summed E-state index contributed by atoms with van der Waals surface area (Å²) in [6, 6.07) is 21.1. The van der Waals surface area contributed by atoms with Crippen LogP contribution in [-0.2, 0) is 28.5 Å². The average Bonchev–Trinajstić information content (AvgIpc) is 3.42. The number of aromatic nitrogens is 2. The van der Waals surface area contributed by atoms with Crippen LogP contribution in [-0.4, -0.2) is 26.6 Å². The summed E-state index contributed by atoms with van der Waals surface area (Å²) in [4.78, 5) is 23.5. The van der Waals surface area contributed by atoms with Crippen molar-refractivity contribution in [2.75, 3.05) is 10.6 Å². The third kappa shape index (κ3) is 5.43. The van der Waals surface area contributed by atoms with Crippen LogP contribution in [0, 0.1) is 5.92 Å². The number of fused-ring (bicyclic) bond motifs is 4. The fourth-order valence-electron chi connectivity index (χ4n) is 6.87. The lowest BCUT2D eigenvalue weighted by atomic mass is 9.66. The van der Waals surface area contributed by atoms with Gasteiger partial charge in [-0.1, -0.05) is 89.5 Å². The number of halogens is 1. The zero-order chi connectivity index (χ0) is 33.3. The van der Waals surface area contributed by atoms with Crippen molar-refractivity contribution in [2.45, 2.75) is 76.9 Å². The number of benzene rings is 3. The van der Waals surface area contributed by atoms with E-state index >= 15 is 0 Å². The van der Waals surface area contributed by atoms with E-state index in [1.54, 1.807) is 30.5 Å². The molecular formula is C38H39ClN4O4. The van der Waals surface area contributed by atoms with Crippen LogP contribution >= 0.6 is 11.6 Å². The van der Waals surface area contributed by atoms with Crippen molar-refractivity contribution in [3.8, 4) is 5.75 Å². The molecule has 0 spiro atoms. The standard InChI is InChI=1S/C38H39ClN4O4/c1-36(2,3)23-18-27(37(4,5)6)32-28(19-23)41-35(46-32)42-29-20-25(39)17-22-16-24-15-21-11-7-8-12-26(21)33(44)38(24,47-31(22)29)34(45)43-30-13-9-10-14-40-30/h7-14,17-20,24,33,44H,15-16H2,1-6H3,(H,41,42)(H,40,43,45)/t24-,33-,38-/m1/s1. The quantitative estimate of drug-likeness (QED) is 0.179. The van der Waals surface area contributed by atoms with Crippen molar-refractivity contribution in [1.82, 2.24) is 9.97 Å². The van der Waals surface area contributed by atoms with E-state index in [9.17, 15) is 9.90 Å². The third-order valence-electron chi connectivity index (χ3n) is 9.36. The van der Waals surface area contributed by atoms with E-state index in [1.165, 1.54) is 0 Å². The highest BCUT2D eigenvalue weighted by Crippen LogP contribution is 2.53. The third-order valence-corrected chi connectivity index (χ3v) is 9.58. The Balaban J connectivity index is 1.33. The van der Waals surface area contributed by atoms with Gasteiger partial charge in [0.2, 0.25) is 5.60 Å². The molecule has 1 amide bonds. The number of aliphatic hydroxyl groups is 1. The highest BCUT2D eigenvalue weighted by Gasteiger charge is 2.59. The Labute approximate surface area is 279 Å². The number of hydrogen-bond donors (Lipinski definition) is 3. The van der Waals surface area contributed by atoms with E-state index in [-0.39, 0.29) is 22.8 Å². The van der Waals surface area contributed by atoms with E-state index in [0.29, 0.717) is 46.3 Å². The molecule has 0 bridgehead atoms. The molecule has 8 nitrogen and oxygen atoms in total. The lowest BCUT2D eigenvalue weighted by Gasteiger charge is -2.49. The Bertz CT molecular complexity index is 2010. The molecule has 2 aliphatic rings. The van der Waals surface area contributed by atoms with Gasteiger partial charge in [0.15, 0.2) is 5.58 Å². The first-order valence-corrected chi connectivity index (χ1v) is 16.3. The number of nitrogens with zero attached hydrogens (tertiary/aromatic N) is 2. The smallest absolute Gasteiger partial charge is 0.300 e. The van der Waals surface area contributed by atoms with Gasteiger partial charge in [-0.15, -0.1) is 0 Å². The van der Waals surface area contributed by atoms with Crippen molar-refractivity contribution in [2.24, 2.45) is 5.92 Å². The summed E-state index contributed by atoms with van der Waals surface area (Å²) in [6.07, 6.45) is 1.35. The minimum absolute atomic E-state index is 0.0826. The molecule has 47 heavy (non-hydrogen) atoms. The first-order chi connectivity index (χ1) is 22.2. The maximum atomic E-state index is 14.3. The first-order valence-electron chi connectivity index (χ1n) is 16.0. The molecule has 1 aliphatic carbocycles. The Morgan fingerprint density at radius 2 is 1.70 bits per heavy atom. The lowest BCUT2D eigenvalue weighted by Crippen LogP contribution is -2.62. The van der Waals surface area contributed by atoms with Crippen LogP contribution in [0.5, 0.6) is 5.75 Å². The van der Waals surface area contributed by atoms with Crippen LogP contribution < -0.4 is 15.4 Å². The largest absolute Gasteiger partial charge is 0.471 e. The zero-order valence-corrected chi connectivity index (χ0v) is 28.2. The highest BCUT2D eigenvalue weighted by atomic mass is 35.5. The van der Waals surface area contributed by atoms with Crippen LogP contribution in [0.2, 0.25) is 5.02 Å². The number of ether oxygens (including phenoxy) is 1. The Morgan fingerprint density at radius 1 is 0.957 bits per heavy atom. The van der Waals surface area contributed by atoms with Crippen molar-refractivity contribution in [3.05, 3.63) is 106 Å². The number of amides is 1. The molecule has 0 saturated carbocycles. The van der Waals surface area contributed by atoms with Crippen molar-refractivity contribution < 1.29 is 19.1 Å². The van der Waals surface area contributed by atoms with Crippen LogP contribution in [0.25, 0.3) is 11.1 Å². The molecule has 3 heterocycles. The van der Waals surface area contributed by atoms with Gasteiger partial charge >= 0.3 is 0 Å². The number of oxazole rings is 1. The summed E-state index contributed by atoms with van der Waals surface area (Å²) in [5, 5.41) is 18.8. The van der Waals surface area contributed by atoms with Gasteiger partial charge in [0.1, 0.15) is 23.2 Å². The summed E-state index contributed by atoms with van der Waals surface area (Å²) in [5.41, 5.74) is 4.70. The maximum Gasteiger partial charge on any atom is 0.300 e. The van der Waals surface area contributed by atoms with Crippen molar-refractivity contribution in [3.63, 3.8) is 0 Å². The molecule has 0 saturated heterocycles. The van der Waals surface area contributed by atoms with E-state index in [4.69, 9.17) is 25.7 Å². The highest BCUT2D eigenvalue weighted by molar-refractivity contribution is 6.31. The first kappa shape index (κ1) is 31.2. The number of carbonyl (C=O) groups excluding carboxylic acids is 1. The van der Waals surface area contributed by atoms with Gasteiger partial charge in [-0.05, 0) is 76.3 Å². The lowest BCUT2D eigenvalue weighted by molar-refractivity contribution is -0.157. The van der Waals surface area contributed by atoms with E-state index in [2.05, 4.69) is 69.3 Å². The summed E-state index contributed by atoms with van der Waals surface area (Å²) < 4.78 is 13.2. The Hall–Kier alpha value is -4.40. The van der Waals surface area contributed by atoms with Gasteiger partial charge in [-0.3, -0.25) is 4.79 Å². The predicted octanol–water partition coefficient (Wildman–Crippen LogP) is 8.43. The second-order valence-corrected chi connectivity index (χ2v) is 15.2. The molecule has 9 heteroatoms. The molecular weight excluding hydrogens is 612 g/mol. The summed E-state index contributed by atoms with van der Waals surface area (Å²) >= 11 is 6.69. The summed E-state index contributed by atoms with van der Waals surface area (Å²) in [5.74, 6) is -0.0733. The molecule has 7 rings (SSSR count). The Morgan fingerprint density at radius 3 is 2.43 bits per heavy atom. The molecule has 0 radical (unpaired) electrons. The minimum atomic E-state index is -1.65. The molecule has 0 fully saturated rings. The molecule has 0 unspecified atom stereocenters. The normalized spacial score (nSPS) is 20.5. The minimum Gasteiger partial charge on any atom is -0.471 e. The van der Waals surface area contributed by atoms with E-state index < -0.39 is 17.6 Å².